The number of nitrogens with zero attached hydrogens (tertiary/aromatic N) is 1. The highest BCUT2D eigenvalue weighted by Crippen LogP contribution is 2.38. The molecule has 0 aromatic rings. The Bertz CT molecular complexity index is 356. The van der Waals surface area contributed by atoms with Crippen LogP contribution < -0.4 is 0 Å². The van der Waals surface area contributed by atoms with Crippen molar-refractivity contribution in [1.29, 1.82) is 0 Å². The Labute approximate surface area is 123 Å². The van der Waals surface area contributed by atoms with Crippen LogP contribution in [0, 0.1) is 5.92 Å². The molecule has 0 unspecified atom stereocenters. The molecule has 3 nitrogen and oxygen atoms in total. The van der Waals surface area contributed by atoms with Gasteiger partial charge in [0.1, 0.15) is 6.61 Å². The summed E-state index contributed by atoms with van der Waals surface area (Å²) in [5, 5.41) is 0. The largest absolute Gasteiger partial charge is 0.462 e. The molecule has 0 aliphatic carbocycles. The number of fused-ring (bicyclic) bond motifs is 1. The van der Waals surface area contributed by atoms with Gasteiger partial charge in [0.2, 0.25) is 0 Å². The third kappa shape index (κ3) is 3.25. The van der Waals surface area contributed by atoms with Gasteiger partial charge in [-0.05, 0) is 39.0 Å². The minimum Gasteiger partial charge on any atom is -0.462 e. The maximum Gasteiger partial charge on any atom is 0.333 e. The number of hydrogen-bond donors (Lipinski definition) is 0. The molecule has 3 heteroatoms. The minimum atomic E-state index is -0.222. The van der Waals surface area contributed by atoms with E-state index in [0.29, 0.717) is 18.1 Å². The molecule has 0 bridgehead atoms. The van der Waals surface area contributed by atoms with Crippen molar-refractivity contribution in [1.82, 2.24) is 0 Å². The van der Waals surface area contributed by atoms with E-state index in [1.54, 1.807) is 6.92 Å². The summed E-state index contributed by atoms with van der Waals surface area (Å²) < 4.78 is 6.76. The van der Waals surface area contributed by atoms with Crippen LogP contribution in [0.5, 0.6) is 0 Å². The van der Waals surface area contributed by atoms with Crippen LogP contribution in [0.2, 0.25) is 0 Å². The number of quaternary nitrogens is 1. The fourth-order valence-corrected chi connectivity index (χ4v) is 4.38. The van der Waals surface area contributed by atoms with Crippen LogP contribution in [-0.2, 0) is 9.53 Å². The van der Waals surface area contributed by atoms with E-state index in [9.17, 15) is 4.79 Å². The van der Waals surface area contributed by atoms with Crippen molar-refractivity contribution < 1.29 is 14.0 Å². The molecule has 2 aliphatic rings. The summed E-state index contributed by atoms with van der Waals surface area (Å²) in [6.45, 7) is 12.3. The van der Waals surface area contributed by atoms with Crippen LogP contribution in [0.25, 0.3) is 0 Å². The molecule has 2 fully saturated rings. The summed E-state index contributed by atoms with van der Waals surface area (Å²) in [6.07, 6.45) is 7.79. The summed E-state index contributed by atoms with van der Waals surface area (Å²) in [7, 11) is 0. The highest BCUT2D eigenvalue weighted by atomic mass is 16.5. The van der Waals surface area contributed by atoms with Crippen molar-refractivity contribution in [3.05, 3.63) is 12.2 Å². The lowest BCUT2D eigenvalue weighted by atomic mass is 9.81. The third-order valence-electron chi connectivity index (χ3n) is 5.23. The number of esters is 1. The van der Waals surface area contributed by atoms with Gasteiger partial charge in [-0.15, -0.1) is 0 Å². The number of carbonyl (C=O) groups is 1. The fraction of sp³-hybridized carbons (Fsp3) is 0.824. The topological polar surface area (TPSA) is 26.3 Å². The van der Waals surface area contributed by atoms with E-state index in [1.165, 1.54) is 62.6 Å². The van der Waals surface area contributed by atoms with Crippen molar-refractivity contribution in [3.8, 4) is 0 Å². The normalized spacial score (nSPS) is 33.3. The van der Waals surface area contributed by atoms with Crippen molar-refractivity contribution in [2.75, 3.05) is 26.2 Å². The number of hydrogen-bond acceptors (Lipinski definition) is 2. The average Bonchev–Trinajstić information content (AvgIpc) is 2.44. The van der Waals surface area contributed by atoms with Gasteiger partial charge < -0.3 is 9.22 Å². The highest BCUT2D eigenvalue weighted by Gasteiger charge is 2.46. The lowest BCUT2D eigenvalue weighted by Gasteiger charge is -2.53. The number of piperidine rings is 2. The molecule has 2 aliphatic heterocycles. The molecule has 0 N–H and O–H groups in total. The van der Waals surface area contributed by atoms with Gasteiger partial charge >= 0.3 is 5.97 Å². The molecule has 2 saturated heterocycles. The van der Waals surface area contributed by atoms with Gasteiger partial charge in [0, 0.05) is 17.9 Å². The zero-order valence-corrected chi connectivity index (χ0v) is 13.2. The van der Waals surface area contributed by atoms with E-state index < -0.39 is 0 Å². The first-order valence-corrected chi connectivity index (χ1v) is 8.27. The van der Waals surface area contributed by atoms with Gasteiger partial charge in [0.15, 0.2) is 0 Å². The monoisotopic (exact) mass is 280 g/mol. The van der Waals surface area contributed by atoms with Gasteiger partial charge in [0.05, 0.1) is 25.7 Å². The first-order chi connectivity index (χ1) is 9.59. The molecule has 2 heterocycles. The van der Waals surface area contributed by atoms with E-state index in [0.717, 1.165) is 6.04 Å². The Morgan fingerprint density at radius 1 is 1.25 bits per heavy atom. The molecule has 3 atom stereocenters. The maximum atomic E-state index is 11.6. The highest BCUT2D eigenvalue weighted by molar-refractivity contribution is 5.86. The van der Waals surface area contributed by atoms with Crippen molar-refractivity contribution in [2.24, 2.45) is 5.92 Å². The van der Waals surface area contributed by atoms with Crippen molar-refractivity contribution in [2.45, 2.75) is 58.4 Å². The lowest BCUT2D eigenvalue weighted by Crippen LogP contribution is -2.64. The zero-order chi connectivity index (χ0) is 14.6. The molecule has 0 spiro atoms. The second-order valence-electron chi connectivity index (χ2n) is 6.73. The molecule has 20 heavy (non-hydrogen) atoms. The molecular weight excluding hydrogens is 250 g/mol. The first kappa shape index (κ1) is 15.6. The Morgan fingerprint density at radius 3 is 2.70 bits per heavy atom. The number of carbonyl (C=O) groups excluding carboxylic acids is 1. The number of rotatable bonds is 5. The Kier molecular flexibility index (Phi) is 5.25. The van der Waals surface area contributed by atoms with Crippen LogP contribution >= 0.6 is 0 Å². The molecule has 0 saturated carbocycles. The Balaban J connectivity index is 2.01. The van der Waals surface area contributed by atoms with E-state index in [4.69, 9.17) is 4.74 Å². The van der Waals surface area contributed by atoms with Crippen LogP contribution in [-0.4, -0.2) is 42.7 Å². The van der Waals surface area contributed by atoms with E-state index in [2.05, 4.69) is 13.5 Å². The summed E-state index contributed by atoms with van der Waals surface area (Å²) in [4.78, 5) is 11.6. The predicted molar refractivity (Wildman–Crippen MR) is 81.3 cm³/mol. The van der Waals surface area contributed by atoms with Crippen LogP contribution in [0.4, 0.5) is 0 Å². The van der Waals surface area contributed by atoms with E-state index in [-0.39, 0.29) is 5.97 Å². The Morgan fingerprint density at radius 2 is 2.00 bits per heavy atom. The van der Waals surface area contributed by atoms with Crippen LogP contribution in [0.3, 0.4) is 0 Å². The molecule has 2 rings (SSSR count). The van der Waals surface area contributed by atoms with E-state index >= 15 is 0 Å². The van der Waals surface area contributed by atoms with Gasteiger partial charge in [-0.1, -0.05) is 13.5 Å². The quantitative estimate of drug-likeness (QED) is 0.439. The molecule has 0 amide bonds. The predicted octanol–water partition coefficient (Wildman–Crippen LogP) is 3.30. The summed E-state index contributed by atoms with van der Waals surface area (Å²) in [6, 6.07) is 0.718. The SMILES string of the molecule is C=C(C)C(=O)OC[C@H]1CCC[N@@+]2(CCC)CCCC[C@@H]12. The second kappa shape index (κ2) is 6.75. The smallest absolute Gasteiger partial charge is 0.333 e. The van der Waals surface area contributed by atoms with Gasteiger partial charge in [0.25, 0.3) is 0 Å². The number of ether oxygens (including phenoxy) is 1. The second-order valence-corrected chi connectivity index (χ2v) is 6.73. The minimum absolute atomic E-state index is 0.222. The van der Waals surface area contributed by atoms with Crippen LogP contribution in [0.15, 0.2) is 12.2 Å². The zero-order valence-electron chi connectivity index (χ0n) is 13.2. The lowest BCUT2D eigenvalue weighted by molar-refractivity contribution is -0.964. The third-order valence-corrected chi connectivity index (χ3v) is 5.23. The van der Waals surface area contributed by atoms with E-state index in [1.807, 2.05) is 0 Å². The first-order valence-electron chi connectivity index (χ1n) is 8.27. The van der Waals surface area contributed by atoms with Gasteiger partial charge in [-0.25, -0.2) is 4.79 Å². The maximum absolute atomic E-state index is 11.6. The molecular formula is C17H30NO2+. The standard InChI is InChI=1S/C17H30NO2/c1-4-10-18-11-6-5-9-16(18)15(8-7-12-18)13-20-17(19)14(2)3/h15-16H,2,4-13H2,1,3H3/q+1/t15-,16+,18-/m1/s1. The Hall–Kier alpha value is -0.830. The van der Waals surface area contributed by atoms with Crippen molar-refractivity contribution in [3.63, 3.8) is 0 Å². The van der Waals surface area contributed by atoms with Gasteiger partial charge in [-0.2, -0.15) is 0 Å². The van der Waals surface area contributed by atoms with Gasteiger partial charge in [-0.3, -0.25) is 0 Å². The molecule has 0 aromatic heterocycles. The average molecular weight is 280 g/mol. The summed E-state index contributed by atoms with van der Waals surface area (Å²) in [5.41, 5.74) is 0.513. The molecule has 114 valence electrons. The van der Waals surface area contributed by atoms with Crippen LogP contribution in [0.1, 0.15) is 52.4 Å². The molecule has 0 aromatic carbocycles. The fourth-order valence-electron chi connectivity index (χ4n) is 4.38. The summed E-state index contributed by atoms with van der Waals surface area (Å²) >= 11 is 0. The van der Waals surface area contributed by atoms with Crippen molar-refractivity contribution >= 4 is 5.97 Å². The summed E-state index contributed by atoms with van der Waals surface area (Å²) in [5.74, 6) is 0.332. The molecule has 0 radical (unpaired) electrons.